The minimum absolute atomic E-state index is 0.278. The summed E-state index contributed by atoms with van der Waals surface area (Å²) in [6.45, 7) is -0.556. The first-order chi connectivity index (χ1) is 9.46. The van der Waals surface area contributed by atoms with E-state index in [1.165, 1.54) is 4.90 Å². The number of nitrogen functional groups attached to an aromatic ring is 2. The van der Waals surface area contributed by atoms with Gasteiger partial charge in [-0.3, -0.25) is 0 Å². The van der Waals surface area contributed by atoms with Crippen molar-refractivity contribution >= 4 is 17.2 Å². The first kappa shape index (κ1) is 12.7. The number of nitrogens with zero attached hydrogens (tertiary/aromatic N) is 2. The van der Waals surface area contributed by atoms with Gasteiger partial charge in [0.05, 0.1) is 24.5 Å². The van der Waals surface area contributed by atoms with Gasteiger partial charge in [0.1, 0.15) is 5.82 Å². The zero-order valence-electron chi connectivity index (χ0n) is 10.7. The van der Waals surface area contributed by atoms with Crippen molar-refractivity contribution in [2.45, 2.75) is 5.92 Å². The summed E-state index contributed by atoms with van der Waals surface area (Å²) in [6.07, 6.45) is 1.62. The van der Waals surface area contributed by atoms with E-state index in [4.69, 9.17) is 11.5 Å². The van der Waals surface area contributed by atoms with Gasteiger partial charge in [-0.15, -0.1) is 0 Å². The zero-order chi connectivity index (χ0) is 14.3. The molecule has 0 saturated carbocycles. The molecule has 1 aromatic heterocycles. The largest absolute Gasteiger partial charge is 0.397 e. The number of hydrogen-bond acceptors (Lipinski definition) is 4. The summed E-state index contributed by atoms with van der Waals surface area (Å²) in [5.41, 5.74) is 14.3. The summed E-state index contributed by atoms with van der Waals surface area (Å²) in [4.78, 5) is 5.74. The molecule has 0 amide bonds. The minimum Gasteiger partial charge on any atom is -0.397 e. The van der Waals surface area contributed by atoms with E-state index in [1.807, 2.05) is 18.2 Å². The maximum Gasteiger partial charge on any atom is 0.282 e. The molecule has 104 valence electrons. The highest BCUT2D eigenvalue weighted by molar-refractivity contribution is 5.84. The smallest absolute Gasteiger partial charge is 0.282 e. The van der Waals surface area contributed by atoms with E-state index in [1.54, 1.807) is 18.3 Å². The normalized spacial score (nSPS) is 16.8. The Morgan fingerprint density at radius 2 is 1.85 bits per heavy atom. The van der Waals surface area contributed by atoms with Crippen molar-refractivity contribution in [3.8, 4) is 11.1 Å². The predicted molar refractivity (Wildman–Crippen MR) is 75.7 cm³/mol. The molecular weight excluding hydrogens is 262 g/mol. The number of pyridine rings is 1. The Bertz CT molecular complexity index is 632. The second-order valence-electron chi connectivity index (χ2n) is 4.93. The Labute approximate surface area is 115 Å². The highest BCUT2D eigenvalue weighted by atomic mass is 19.3. The molecule has 1 aliphatic heterocycles. The maximum atomic E-state index is 12.8. The molecule has 1 aromatic carbocycles. The van der Waals surface area contributed by atoms with Crippen molar-refractivity contribution in [2.24, 2.45) is 0 Å². The number of hydrogen-bond donors (Lipinski definition) is 2. The summed E-state index contributed by atoms with van der Waals surface area (Å²) in [6, 6.07) is 8.91. The average molecular weight is 276 g/mol. The molecule has 4 N–H and O–H groups in total. The van der Waals surface area contributed by atoms with Crippen LogP contribution in [-0.2, 0) is 0 Å². The number of anilines is 3. The van der Waals surface area contributed by atoms with Gasteiger partial charge >= 0.3 is 0 Å². The summed E-state index contributed by atoms with van der Waals surface area (Å²) in [5.74, 6) is -2.05. The molecule has 2 heterocycles. The van der Waals surface area contributed by atoms with Crippen LogP contribution in [0.15, 0.2) is 36.5 Å². The van der Waals surface area contributed by atoms with Crippen LogP contribution in [0.3, 0.4) is 0 Å². The van der Waals surface area contributed by atoms with Crippen LogP contribution >= 0.6 is 0 Å². The lowest BCUT2D eigenvalue weighted by atomic mass is 10.0. The van der Waals surface area contributed by atoms with E-state index in [2.05, 4.69) is 4.98 Å². The zero-order valence-corrected chi connectivity index (χ0v) is 10.7. The fraction of sp³-hybridized carbons (Fsp3) is 0.214. The Hall–Kier alpha value is -2.37. The van der Waals surface area contributed by atoms with Gasteiger partial charge < -0.3 is 16.4 Å². The molecule has 0 unspecified atom stereocenters. The number of aromatic nitrogens is 1. The maximum absolute atomic E-state index is 12.8. The minimum atomic E-state index is -2.60. The standard InChI is InChI=1S/C14H14F2N4/c15-14(16)7-20(8-14)12-5-4-9(6-19-12)10-2-1-3-11(17)13(10)18/h1-6H,7-8,17-18H2. The number of benzene rings is 1. The predicted octanol–water partition coefficient (Wildman–Crippen LogP) is 2.37. The highest BCUT2D eigenvalue weighted by Gasteiger charge is 2.44. The van der Waals surface area contributed by atoms with E-state index in [0.717, 1.165) is 11.1 Å². The van der Waals surface area contributed by atoms with Gasteiger partial charge in [-0.05, 0) is 18.2 Å². The van der Waals surface area contributed by atoms with Crippen molar-refractivity contribution in [1.82, 2.24) is 4.98 Å². The molecular formula is C14H14F2N4. The fourth-order valence-corrected chi connectivity index (χ4v) is 2.24. The van der Waals surface area contributed by atoms with Crippen LogP contribution in [0.25, 0.3) is 11.1 Å². The highest BCUT2D eigenvalue weighted by Crippen LogP contribution is 2.33. The van der Waals surface area contributed by atoms with Gasteiger partial charge in [-0.25, -0.2) is 13.8 Å². The third kappa shape index (κ3) is 2.13. The van der Waals surface area contributed by atoms with E-state index < -0.39 is 5.92 Å². The van der Waals surface area contributed by atoms with E-state index in [0.29, 0.717) is 17.2 Å². The first-order valence-electron chi connectivity index (χ1n) is 6.19. The monoisotopic (exact) mass is 276 g/mol. The first-order valence-corrected chi connectivity index (χ1v) is 6.19. The molecule has 1 aliphatic rings. The molecule has 4 nitrogen and oxygen atoms in total. The number of rotatable bonds is 2. The number of para-hydroxylation sites is 1. The Balaban J connectivity index is 1.85. The molecule has 3 rings (SSSR count). The molecule has 6 heteroatoms. The van der Waals surface area contributed by atoms with Crippen molar-refractivity contribution in [3.05, 3.63) is 36.5 Å². The lowest BCUT2D eigenvalue weighted by Gasteiger charge is -2.39. The number of halogens is 2. The lowest BCUT2D eigenvalue weighted by Crippen LogP contribution is -2.56. The summed E-state index contributed by atoms with van der Waals surface area (Å²) >= 11 is 0. The Morgan fingerprint density at radius 1 is 1.10 bits per heavy atom. The van der Waals surface area contributed by atoms with Crippen LogP contribution in [-0.4, -0.2) is 24.0 Å². The van der Waals surface area contributed by atoms with Gasteiger partial charge in [0.25, 0.3) is 5.92 Å². The molecule has 2 aromatic rings. The topological polar surface area (TPSA) is 68.2 Å². The van der Waals surface area contributed by atoms with Crippen molar-refractivity contribution in [2.75, 3.05) is 29.5 Å². The third-order valence-electron chi connectivity index (χ3n) is 3.37. The fourth-order valence-electron chi connectivity index (χ4n) is 2.24. The molecule has 1 fully saturated rings. The van der Waals surface area contributed by atoms with Crippen LogP contribution in [0.5, 0.6) is 0 Å². The molecule has 1 saturated heterocycles. The lowest BCUT2D eigenvalue weighted by molar-refractivity contribution is -0.0266. The molecule has 0 spiro atoms. The Kier molecular flexibility index (Phi) is 2.74. The van der Waals surface area contributed by atoms with Gasteiger partial charge in [0, 0.05) is 17.3 Å². The molecule has 0 atom stereocenters. The van der Waals surface area contributed by atoms with Crippen molar-refractivity contribution in [1.29, 1.82) is 0 Å². The second kappa shape index (κ2) is 4.33. The van der Waals surface area contributed by atoms with E-state index in [9.17, 15) is 8.78 Å². The molecule has 20 heavy (non-hydrogen) atoms. The van der Waals surface area contributed by atoms with Crippen molar-refractivity contribution < 1.29 is 8.78 Å². The Morgan fingerprint density at radius 3 is 2.45 bits per heavy atom. The van der Waals surface area contributed by atoms with Gasteiger partial charge in [-0.2, -0.15) is 0 Å². The summed E-state index contributed by atoms with van der Waals surface area (Å²) in [5, 5.41) is 0. The number of alkyl halides is 2. The summed E-state index contributed by atoms with van der Waals surface area (Å²) < 4.78 is 25.6. The van der Waals surface area contributed by atoms with E-state index >= 15 is 0 Å². The molecule has 0 aliphatic carbocycles. The van der Waals surface area contributed by atoms with Crippen LogP contribution in [0, 0.1) is 0 Å². The average Bonchev–Trinajstić information content (AvgIpc) is 2.39. The molecule has 0 radical (unpaired) electrons. The SMILES string of the molecule is Nc1cccc(-c2ccc(N3CC(F)(F)C3)nc2)c1N. The van der Waals surface area contributed by atoms with Crippen molar-refractivity contribution in [3.63, 3.8) is 0 Å². The van der Waals surface area contributed by atoms with Crippen LogP contribution < -0.4 is 16.4 Å². The van der Waals surface area contributed by atoms with Crippen LogP contribution in [0.4, 0.5) is 26.0 Å². The quantitative estimate of drug-likeness (QED) is 0.826. The van der Waals surface area contributed by atoms with Gasteiger partial charge in [-0.1, -0.05) is 12.1 Å². The summed E-state index contributed by atoms with van der Waals surface area (Å²) in [7, 11) is 0. The third-order valence-corrected chi connectivity index (χ3v) is 3.37. The van der Waals surface area contributed by atoms with Crippen LogP contribution in [0.1, 0.15) is 0 Å². The van der Waals surface area contributed by atoms with Crippen LogP contribution in [0.2, 0.25) is 0 Å². The van der Waals surface area contributed by atoms with Gasteiger partial charge in [0.2, 0.25) is 0 Å². The van der Waals surface area contributed by atoms with Gasteiger partial charge in [0.15, 0.2) is 0 Å². The second-order valence-corrected chi connectivity index (χ2v) is 4.93. The van der Waals surface area contributed by atoms with E-state index in [-0.39, 0.29) is 13.1 Å². The molecule has 0 bridgehead atoms. The number of nitrogens with two attached hydrogens (primary N) is 2.